The lowest BCUT2D eigenvalue weighted by atomic mass is 10.1. The fraction of sp³-hybridized carbons (Fsp3) is 0.111. The van der Waals surface area contributed by atoms with Gasteiger partial charge in [0.15, 0.2) is 0 Å². The van der Waals surface area contributed by atoms with Crippen LogP contribution in [0.15, 0.2) is 54.6 Å². The molecule has 3 rings (SSSR count). The van der Waals surface area contributed by atoms with E-state index in [1.54, 1.807) is 0 Å². The van der Waals surface area contributed by atoms with E-state index >= 15 is 0 Å². The van der Waals surface area contributed by atoms with Crippen LogP contribution in [0.1, 0.15) is 16.7 Å². The molecule has 3 nitrogen and oxygen atoms in total. The van der Waals surface area contributed by atoms with Crippen molar-refractivity contribution >= 4 is 16.7 Å². The van der Waals surface area contributed by atoms with Gasteiger partial charge in [0.05, 0.1) is 17.1 Å². The van der Waals surface area contributed by atoms with Crippen molar-refractivity contribution in [1.82, 2.24) is 4.98 Å². The highest BCUT2D eigenvalue weighted by Crippen LogP contribution is 2.20. The molecule has 0 atom stereocenters. The molecule has 0 spiro atoms. The molecule has 0 saturated carbocycles. The number of fused-ring (bicyclic) bond motifs is 1. The average Bonchev–Trinajstić information content (AvgIpc) is 2.53. The molecule has 0 aliphatic carbocycles. The van der Waals surface area contributed by atoms with E-state index < -0.39 is 0 Å². The highest BCUT2D eigenvalue weighted by molar-refractivity contribution is 5.81. The highest BCUT2D eigenvalue weighted by atomic mass is 15.0. The molecule has 102 valence electrons. The Kier molecular flexibility index (Phi) is 3.53. The zero-order valence-corrected chi connectivity index (χ0v) is 11.8. The van der Waals surface area contributed by atoms with Crippen LogP contribution in [0.25, 0.3) is 10.9 Å². The van der Waals surface area contributed by atoms with Gasteiger partial charge in [-0.1, -0.05) is 30.3 Å². The van der Waals surface area contributed by atoms with Gasteiger partial charge in [0.1, 0.15) is 5.82 Å². The van der Waals surface area contributed by atoms with E-state index in [-0.39, 0.29) is 0 Å². The molecule has 0 fully saturated rings. The van der Waals surface area contributed by atoms with E-state index in [4.69, 9.17) is 5.26 Å². The fourth-order valence-electron chi connectivity index (χ4n) is 2.28. The summed E-state index contributed by atoms with van der Waals surface area (Å²) in [5.74, 6) is 0.901. The number of nitriles is 1. The Hall–Kier alpha value is -2.86. The van der Waals surface area contributed by atoms with Crippen LogP contribution < -0.4 is 5.32 Å². The van der Waals surface area contributed by atoms with Gasteiger partial charge in [0, 0.05) is 11.9 Å². The number of rotatable bonds is 3. The van der Waals surface area contributed by atoms with Crippen molar-refractivity contribution in [2.24, 2.45) is 0 Å². The van der Waals surface area contributed by atoms with Crippen LogP contribution in [0.5, 0.6) is 0 Å². The zero-order valence-electron chi connectivity index (χ0n) is 11.8. The van der Waals surface area contributed by atoms with Crippen LogP contribution in [0.4, 0.5) is 5.82 Å². The summed E-state index contributed by atoms with van der Waals surface area (Å²) in [6.07, 6.45) is 0. The van der Waals surface area contributed by atoms with Gasteiger partial charge in [-0.05, 0) is 42.3 Å². The van der Waals surface area contributed by atoms with E-state index in [1.807, 2.05) is 42.5 Å². The van der Waals surface area contributed by atoms with Crippen molar-refractivity contribution in [2.75, 3.05) is 5.32 Å². The van der Waals surface area contributed by atoms with Gasteiger partial charge in [0.2, 0.25) is 0 Å². The number of pyridine rings is 1. The van der Waals surface area contributed by atoms with Crippen LogP contribution >= 0.6 is 0 Å². The quantitative estimate of drug-likeness (QED) is 0.783. The van der Waals surface area contributed by atoms with Crippen LogP contribution in [0.3, 0.4) is 0 Å². The van der Waals surface area contributed by atoms with Crippen molar-refractivity contribution in [3.05, 3.63) is 71.3 Å². The van der Waals surface area contributed by atoms with Gasteiger partial charge in [-0.2, -0.15) is 5.26 Å². The minimum absolute atomic E-state index is 0.679. The van der Waals surface area contributed by atoms with Crippen LogP contribution in [-0.2, 0) is 6.54 Å². The molecule has 3 aromatic rings. The summed E-state index contributed by atoms with van der Waals surface area (Å²) in [6.45, 7) is 2.75. The molecule has 0 radical (unpaired) electrons. The van der Waals surface area contributed by atoms with Gasteiger partial charge in [-0.15, -0.1) is 0 Å². The zero-order chi connectivity index (χ0) is 14.7. The first-order valence-corrected chi connectivity index (χ1v) is 6.85. The summed E-state index contributed by atoms with van der Waals surface area (Å²) in [5, 5.41) is 13.3. The summed E-state index contributed by atoms with van der Waals surface area (Å²) in [4.78, 5) is 4.66. The standard InChI is InChI=1S/C18H15N3/c1-13-10-16-4-2-3-5-17(16)21-18(13)20-12-15-8-6-14(11-19)7-9-15/h2-10H,12H2,1H3,(H,20,21). The lowest BCUT2D eigenvalue weighted by molar-refractivity contribution is 1.11. The molecule has 1 aromatic heterocycles. The number of hydrogen-bond acceptors (Lipinski definition) is 3. The van der Waals surface area contributed by atoms with Gasteiger partial charge in [0.25, 0.3) is 0 Å². The van der Waals surface area contributed by atoms with Crippen LogP contribution in [0, 0.1) is 18.3 Å². The smallest absolute Gasteiger partial charge is 0.129 e. The first-order valence-electron chi connectivity index (χ1n) is 6.85. The molecule has 1 heterocycles. The van der Waals surface area contributed by atoms with E-state index in [0.717, 1.165) is 27.8 Å². The molecule has 0 saturated heterocycles. The second-order valence-corrected chi connectivity index (χ2v) is 5.01. The van der Waals surface area contributed by atoms with E-state index in [2.05, 4.69) is 35.4 Å². The number of benzene rings is 2. The van der Waals surface area contributed by atoms with E-state index in [1.165, 1.54) is 0 Å². The van der Waals surface area contributed by atoms with Crippen LogP contribution in [0.2, 0.25) is 0 Å². The summed E-state index contributed by atoms with van der Waals surface area (Å²) >= 11 is 0. The topological polar surface area (TPSA) is 48.7 Å². The number of aryl methyl sites for hydroxylation is 1. The Bertz CT molecular complexity index is 814. The Labute approximate surface area is 123 Å². The third-order valence-corrected chi connectivity index (χ3v) is 3.46. The monoisotopic (exact) mass is 273 g/mol. The normalized spacial score (nSPS) is 10.3. The maximum Gasteiger partial charge on any atom is 0.129 e. The molecule has 0 amide bonds. The molecule has 21 heavy (non-hydrogen) atoms. The van der Waals surface area contributed by atoms with Crippen molar-refractivity contribution in [1.29, 1.82) is 5.26 Å². The fourth-order valence-corrected chi connectivity index (χ4v) is 2.28. The SMILES string of the molecule is Cc1cc2ccccc2nc1NCc1ccc(C#N)cc1. The van der Waals surface area contributed by atoms with Crippen LogP contribution in [-0.4, -0.2) is 4.98 Å². The first-order chi connectivity index (χ1) is 10.3. The van der Waals surface area contributed by atoms with Gasteiger partial charge in [-0.25, -0.2) is 4.98 Å². The highest BCUT2D eigenvalue weighted by Gasteiger charge is 2.03. The van der Waals surface area contributed by atoms with Gasteiger partial charge in [-0.3, -0.25) is 0 Å². The third kappa shape index (κ3) is 2.85. The molecule has 0 aliphatic heterocycles. The number of nitrogens with zero attached hydrogens (tertiary/aromatic N) is 2. The molecular weight excluding hydrogens is 258 g/mol. The number of nitrogens with one attached hydrogen (secondary N) is 1. The second-order valence-electron chi connectivity index (χ2n) is 5.01. The van der Waals surface area contributed by atoms with Crippen molar-refractivity contribution in [3.8, 4) is 6.07 Å². The van der Waals surface area contributed by atoms with Gasteiger partial charge < -0.3 is 5.32 Å². The Morgan fingerprint density at radius 1 is 1.10 bits per heavy atom. The minimum atomic E-state index is 0.679. The molecule has 0 bridgehead atoms. The predicted octanol–water partition coefficient (Wildman–Crippen LogP) is 4.03. The van der Waals surface area contributed by atoms with Gasteiger partial charge >= 0.3 is 0 Å². The van der Waals surface area contributed by atoms with E-state index in [9.17, 15) is 0 Å². The largest absolute Gasteiger partial charge is 0.366 e. The number of aromatic nitrogens is 1. The lowest BCUT2D eigenvalue weighted by Gasteiger charge is -2.10. The van der Waals surface area contributed by atoms with Crippen molar-refractivity contribution < 1.29 is 0 Å². The molecule has 3 heteroatoms. The maximum absolute atomic E-state index is 8.80. The molecule has 0 unspecified atom stereocenters. The summed E-state index contributed by atoms with van der Waals surface area (Å²) in [5.41, 5.74) is 3.93. The maximum atomic E-state index is 8.80. The lowest BCUT2D eigenvalue weighted by Crippen LogP contribution is -2.03. The molecule has 1 N–H and O–H groups in total. The number of para-hydroxylation sites is 1. The summed E-state index contributed by atoms with van der Waals surface area (Å²) in [6, 6.07) is 20.0. The second kappa shape index (κ2) is 5.64. The Morgan fingerprint density at radius 3 is 2.62 bits per heavy atom. The summed E-state index contributed by atoms with van der Waals surface area (Å²) in [7, 11) is 0. The van der Waals surface area contributed by atoms with Crippen molar-refractivity contribution in [3.63, 3.8) is 0 Å². The molecule has 0 aliphatic rings. The molecular formula is C18H15N3. The predicted molar refractivity (Wildman–Crippen MR) is 85.0 cm³/mol. The van der Waals surface area contributed by atoms with E-state index in [0.29, 0.717) is 12.1 Å². The minimum Gasteiger partial charge on any atom is -0.366 e. The number of hydrogen-bond donors (Lipinski definition) is 1. The Balaban J connectivity index is 1.81. The van der Waals surface area contributed by atoms with Crippen molar-refractivity contribution in [2.45, 2.75) is 13.5 Å². The average molecular weight is 273 g/mol. The first kappa shape index (κ1) is 13.1. The number of anilines is 1. The third-order valence-electron chi connectivity index (χ3n) is 3.46. The molecule has 2 aromatic carbocycles. The Morgan fingerprint density at radius 2 is 1.86 bits per heavy atom. The summed E-state index contributed by atoms with van der Waals surface area (Å²) < 4.78 is 0.